The fourth-order valence-corrected chi connectivity index (χ4v) is 2.56. The summed E-state index contributed by atoms with van der Waals surface area (Å²) >= 11 is 0. The maximum Gasteiger partial charge on any atom is 0.280 e. The van der Waals surface area contributed by atoms with E-state index in [-0.39, 0.29) is 17.1 Å². The monoisotopic (exact) mass is 297 g/mol. The molecule has 21 heavy (non-hydrogen) atoms. The number of hydrogen-bond donors (Lipinski definition) is 5. The number of ether oxygens (including phenoxy) is 1. The van der Waals surface area contributed by atoms with Crippen LogP contribution in [0.3, 0.4) is 0 Å². The molecule has 0 saturated carbocycles. The van der Waals surface area contributed by atoms with E-state index >= 15 is 0 Å². The summed E-state index contributed by atoms with van der Waals surface area (Å²) in [5.41, 5.74) is 3.70. The third-order valence-corrected chi connectivity index (χ3v) is 3.73. The maximum absolute atomic E-state index is 11.8. The molecular formula is C11H15N5O5. The molecule has 3 heterocycles. The lowest BCUT2D eigenvalue weighted by atomic mass is 10.0. The van der Waals surface area contributed by atoms with E-state index in [1.54, 1.807) is 0 Å². The van der Waals surface area contributed by atoms with Crippen molar-refractivity contribution in [1.82, 2.24) is 19.5 Å². The van der Waals surface area contributed by atoms with Crippen LogP contribution in [0.2, 0.25) is 0 Å². The summed E-state index contributed by atoms with van der Waals surface area (Å²) < 4.78 is 6.85. The average Bonchev–Trinajstić information content (AvgIpc) is 2.95. The third-order valence-electron chi connectivity index (χ3n) is 3.73. The standard InChI is InChI=1S/C11H15N5O5/c1-11(7(19)6(18)4(2-17)21-11)16-3-13-5-8(16)14-10(12)15-9(5)20/h3-4,6-7,17-19H,2H2,1H3,(H3,12,14,15,20)/t4?,6-,7?,11?/m0/s1. The minimum Gasteiger partial charge on any atom is -0.394 e. The molecule has 10 heteroatoms. The second kappa shape index (κ2) is 4.49. The zero-order chi connectivity index (χ0) is 15.4. The molecule has 0 aliphatic carbocycles. The number of aromatic nitrogens is 4. The van der Waals surface area contributed by atoms with Gasteiger partial charge in [0.05, 0.1) is 12.9 Å². The Labute approximate surface area is 117 Å². The largest absolute Gasteiger partial charge is 0.394 e. The number of aromatic amines is 1. The Morgan fingerprint density at radius 1 is 1.57 bits per heavy atom. The van der Waals surface area contributed by atoms with Crippen LogP contribution in [0.4, 0.5) is 5.95 Å². The topological polar surface area (TPSA) is 160 Å². The molecule has 1 saturated heterocycles. The molecule has 1 aliphatic rings. The van der Waals surface area contributed by atoms with E-state index in [0.29, 0.717) is 0 Å². The number of nitrogens with one attached hydrogen (secondary N) is 1. The van der Waals surface area contributed by atoms with Gasteiger partial charge in [0.1, 0.15) is 18.3 Å². The summed E-state index contributed by atoms with van der Waals surface area (Å²) in [5, 5.41) is 29.3. The molecule has 1 fully saturated rings. The summed E-state index contributed by atoms with van der Waals surface area (Å²) in [7, 11) is 0. The first-order valence-corrected chi connectivity index (χ1v) is 6.26. The van der Waals surface area contributed by atoms with Crippen LogP contribution in [0, 0.1) is 0 Å². The summed E-state index contributed by atoms with van der Waals surface area (Å²) in [6, 6.07) is 0. The first kappa shape index (κ1) is 13.9. The smallest absolute Gasteiger partial charge is 0.280 e. The van der Waals surface area contributed by atoms with Crippen molar-refractivity contribution >= 4 is 17.1 Å². The predicted molar refractivity (Wildman–Crippen MR) is 70.2 cm³/mol. The molecule has 4 atom stereocenters. The molecule has 0 amide bonds. The molecule has 3 rings (SSSR count). The van der Waals surface area contributed by atoms with Crippen molar-refractivity contribution in [3.05, 3.63) is 16.7 Å². The van der Waals surface area contributed by atoms with Crippen LogP contribution in [0.1, 0.15) is 6.92 Å². The lowest BCUT2D eigenvalue weighted by molar-refractivity contribution is -0.132. The fourth-order valence-electron chi connectivity index (χ4n) is 2.56. The normalized spacial score (nSPS) is 32.9. The third kappa shape index (κ3) is 1.84. The number of anilines is 1. The highest BCUT2D eigenvalue weighted by Crippen LogP contribution is 2.36. The van der Waals surface area contributed by atoms with Gasteiger partial charge < -0.3 is 25.8 Å². The molecule has 0 spiro atoms. The molecule has 1 aliphatic heterocycles. The fraction of sp³-hybridized carbons (Fsp3) is 0.545. The number of nitrogens with two attached hydrogens (primary N) is 1. The molecule has 2 aromatic rings. The second-order valence-electron chi connectivity index (χ2n) is 5.07. The molecule has 0 bridgehead atoms. The van der Waals surface area contributed by atoms with E-state index < -0.39 is 36.2 Å². The average molecular weight is 297 g/mol. The minimum atomic E-state index is -1.44. The SMILES string of the molecule is CC1(n2cnc3c(=O)[nH]c(N)nc32)OC(CO)[C@H](O)C1O. The molecule has 114 valence electrons. The second-order valence-corrected chi connectivity index (χ2v) is 5.07. The van der Waals surface area contributed by atoms with Gasteiger partial charge in [0.2, 0.25) is 5.95 Å². The zero-order valence-electron chi connectivity index (χ0n) is 11.1. The number of H-pyrrole nitrogens is 1. The highest BCUT2D eigenvalue weighted by molar-refractivity contribution is 5.70. The minimum absolute atomic E-state index is 0.0307. The number of aliphatic hydroxyl groups is 3. The van der Waals surface area contributed by atoms with Gasteiger partial charge in [-0.1, -0.05) is 0 Å². The molecule has 3 unspecified atom stereocenters. The first-order chi connectivity index (χ1) is 9.88. The van der Waals surface area contributed by atoms with Crippen LogP contribution in [0.15, 0.2) is 11.1 Å². The number of hydrogen-bond acceptors (Lipinski definition) is 8. The van der Waals surface area contributed by atoms with Gasteiger partial charge in [-0.2, -0.15) is 4.98 Å². The maximum atomic E-state index is 11.8. The molecule has 2 aromatic heterocycles. The Kier molecular flexibility index (Phi) is 2.99. The highest BCUT2D eigenvalue weighted by Gasteiger charge is 2.52. The Balaban J connectivity index is 2.19. The Morgan fingerprint density at radius 3 is 2.90 bits per heavy atom. The van der Waals surface area contributed by atoms with Crippen LogP contribution in [-0.4, -0.2) is 59.8 Å². The van der Waals surface area contributed by atoms with Crippen molar-refractivity contribution < 1.29 is 20.1 Å². The molecule has 0 aromatic carbocycles. The van der Waals surface area contributed by atoms with E-state index in [1.165, 1.54) is 17.8 Å². The molecule has 6 N–H and O–H groups in total. The lowest BCUT2D eigenvalue weighted by Crippen LogP contribution is -2.43. The number of aliphatic hydroxyl groups excluding tert-OH is 3. The number of imidazole rings is 1. The van der Waals surface area contributed by atoms with E-state index in [2.05, 4.69) is 15.0 Å². The van der Waals surface area contributed by atoms with E-state index in [9.17, 15) is 20.1 Å². The van der Waals surface area contributed by atoms with E-state index in [0.717, 1.165) is 0 Å². The Hall–Kier alpha value is -2.01. The van der Waals surface area contributed by atoms with Gasteiger partial charge in [-0.05, 0) is 6.92 Å². The van der Waals surface area contributed by atoms with Gasteiger partial charge in [0, 0.05) is 0 Å². The molecule has 10 nitrogen and oxygen atoms in total. The Morgan fingerprint density at radius 2 is 2.29 bits per heavy atom. The molecule has 0 radical (unpaired) electrons. The summed E-state index contributed by atoms with van der Waals surface area (Å²) in [5.74, 6) is -0.107. The zero-order valence-corrected chi connectivity index (χ0v) is 11.1. The number of fused-ring (bicyclic) bond motifs is 1. The van der Waals surface area contributed by atoms with Gasteiger partial charge in [-0.25, -0.2) is 4.98 Å². The van der Waals surface area contributed by atoms with Crippen molar-refractivity contribution in [2.24, 2.45) is 0 Å². The molecular weight excluding hydrogens is 282 g/mol. The van der Waals surface area contributed by atoms with Crippen molar-refractivity contribution in [1.29, 1.82) is 0 Å². The van der Waals surface area contributed by atoms with Gasteiger partial charge >= 0.3 is 0 Å². The number of nitrogens with zero attached hydrogens (tertiary/aromatic N) is 3. The van der Waals surface area contributed by atoms with Crippen LogP contribution in [-0.2, 0) is 10.5 Å². The number of nitrogen functional groups attached to an aromatic ring is 1. The Bertz CT molecular complexity index is 742. The van der Waals surface area contributed by atoms with Crippen LogP contribution in [0.25, 0.3) is 11.2 Å². The quantitative estimate of drug-likeness (QED) is 0.406. The number of rotatable bonds is 2. The van der Waals surface area contributed by atoms with Crippen LogP contribution < -0.4 is 11.3 Å². The van der Waals surface area contributed by atoms with Gasteiger partial charge in [-0.15, -0.1) is 0 Å². The van der Waals surface area contributed by atoms with Gasteiger partial charge in [0.15, 0.2) is 16.9 Å². The van der Waals surface area contributed by atoms with Crippen molar-refractivity contribution in [2.45, 2.75) is 31.0 Å². The summed E-state index contributed by atoms with van der Waals surface area (Å²) in [6.45, 7) is 1.04. The van der Waals surface area contributed by atoms with Crippen molar-refractivity contribution in [3.63, 3.8) is 0 Å². The van der Waals surface area contributed by atoms with Gasteiger partial charge in [-0.3, -0.25) is 14.3 Å². The summed E-state index contributed by atoms with van der Waals surface area (Å²) in [6.07, 6.45) is -2.31. The summed E-state index contributed by atoms with van der Waals surface area (Å²) in [4.78, 5) is 22.0. The van der Waals surface area contributed by atoms with Crippen LogP contribution in [0.5, 0.6) is 0 Å². The van der Waals surface area contributed by atoms with Crippen LogP contribution >= 0.6 is 0 Å². The lowest BCUT2D eigenvalue weighted by Gasteiger charge is -2.29. The van der Waals surface area contributed by atoms with E-state index in [1.807, 2.05) is 0 Å². The van der Waals surface area contributed by atoms with Crippen molar-refractivity contribution in [2.75, 3.05) is 12.3 Å². The first-order valence-electron chi connectivity index (χ1n) is 6.26. The highest BCUT2D eigenvalue weighted by atomic mass is 16.6. The van der Waals surface area contributed by atoms with E-state index in [4.69, 9.17) is 10.5 Å². The van der Waals surface area contributed by atoms with Crippen molar-refractivity contribution in [3.8, 4) is 0 Å². The van der Waals surface area contributed by atoms with Gasteiger partial charge in [0.25, 0.3) is 5.56 Å². The predicted octanol–water partition coefficient (Wildman–Crippen LogP) is -2.51.